The number of carbonyl (C=O) groups is 3. The highest BCUT2D eigenvalue weighted by atomic mass is 16.4. The summed E-state index contributed by atoms with van der Waals surface area (Å²) in [7, 11) is 0. The molecule has 1 aliphatic rings. The molecule has 1 rings (SSSR count). The number of hydrogen-bond acceptors (Lipinski definition) is 4. The molecule has 1 amide bonds. The van der Waals surface area contributed by atoms with Crippen molar-refractivity contribution in [1.29, 1.82) is 0 Å². The Morgan fingerprint density at radius 3 is 2.47 bits per heavy atom. The molecule has 0 spiro atoms. The van der Waals surface area contributed by atoms with Gasteiger partial charge in [-0.25, -0.2) is 4.79 Å². The largest absolute Gasteiger partial charge is 0.481 e. The first-order valence-electron chi connectivity index (χ1n) is 5.44. The lowest BCUT2D eigenvalue weighted by Gasteiger charge is -2.34. The van der Waals surface area contributed by atoms with Gasteiger partial charge in [0.15, 0.2) is 0 Å². The van der Waals surface area contributed by atoms with Gasteiger partial charge >= 0.3 is 11.9 Å². The average molecular weight is 244 g/mol. The van der Waals surface area contributed by atoms with Gasteiger partial charge in [0.25, 0.3) is 0 Å². The maximum Gasteiger partial charge on any atom is 0.326 e. The molecular weight excluding hydrogens is 228 g/mol. The van der Waals surface area contributed by atoms with Crippen LogP contribution in [-0.2, 0) is 14.4 Å². The fourth-order valence-corrected chi connectivity index (χ4v) is 1.94. The van der Waals surface area contributed by atoms with Gasteiger partial charge in [-0.05, 0) is 19.3 Å². The molecule has 0 aromatic rings. The fourth-order valence-electron chi connectivity index (χ4n) is 1.94. The lowest BCUT2D eigenvalue weighted by Crippen LogP contribution is -2.53. The van der Waals surface area contributed by atoms with Gasteiger partial charge in [0.05, 0.1) is 12.5 Å². The minimum absolute atomic E-state index is 0.323. The minimum atomic E-state index is -1.17. The van der Waals surface area contributed by atoms with E-state index in [-0.39, 0.29) is 0 Å². The summed E-state index contributed by atoms with van der Waals surface area (Å²) in [4.78, 5) is 34.4. The van der Waals surface area contributed by atoms with Crippen LogP contribution in [0.15, 0.2) is 0 Å². The average Bonchev–Trinajstić information content (AvgIpc) is 2.27. The summed E-state index contributed by atoms with van der Waals surface area (Å²) in [5.41, 5.74) is 5.45. The molecule has 0 radical (unpaired) electrons. The first-order chi connectivity index (χ1) is 7.93. The molecule has 17 heavy (non-hydrogen) atoms. The molecular formula is C10H16N2O5. The summed E-state index contributed by atoms with van der Waals surface area (Å²) < 4.78 is 0. The summed E-state index contributed by atoms with van der Waals surface area (Å²) in [6.45, 7) is 0.323. The number of nitrogens with zero attached hydrogens (tertiary/aromatic N) is 1. The van der Waals surface area contributed by atoms with E-state index >= 15 is 0 Å². The fraction of sp³-hybridized carbons (Fsp3) is 0.700. The molecule has 7 heteroatoms. The van der Waals surface area contributed by atoms with E-state index in [4.69, 9.17) is 15.9 Å². The monoisotopic (exact) mass is 244 g/mol. The second-order valence-corrected chi connectivity index (χ2v) is 4.09. The van der Waals surface area contributed by atoms with Crippen LogP contribution in [0, 0.1) is 0 Å². The third-order valence-electron chi connectivity index (χ3n) is 2.78. The van der Waals surface area contributed by atoms with E-state index < -0.39 is 36.4 Å². The standard InChI is InChI=1S/C10H16N2O5/c11-6(5-8(13)14)9(15)12-4-2-1-3-7(12)10(16)17/h6-7H,1-5,11H2,(H,13,14)(H,16,17)/t6?,7-/m0/s1. The van der Waals surface area contributed by atoms with Crippen LogP contribution in [-0.4, -0.2) is 51.6 Å². The molecule has 1 heterocycles. The Hall–Kier alpha value is -1.63. The predicted octanol–water partition coefficient (Wildman–Crippen LogP) is -0.746. The van der Waals surface area contributed by atoms with Gasteiger partial charge in [0.2, 0.25) is 5.91 Å². The molecule has 1 unspecified atom stereocenters. The number of nitrogens with two attached hydrogens (primary N) is 1. The molecule has 4 N–H and O–H groups in total. The zero-order valence-corrected chi connectivity index (χ0v) is 9.33. The van der Waals surface area contributed by atoms with Crippen molar-refractivity contribution < 1.29 is 24.6 Å². The van der Waals surface area contributed by atoms with Gasteiger partial charge < -0.3 is 20.8 Å². The number of carboxylic acid groups (broad SMARTS) is 2. The third-order valence-corrected chi connectivity index (χ3v) is 2.78. The van der Waals surface area contributed by atoms with Crippen LogP contribution in [0.3, 0.4) is 0 Å². The van der Waals surface area contributed by atoms with E-state index in [1.807, 2.05) is 0 Å². The molecule has 7 nitrogen and oxygen atoms in total. The van der Waals surface area contributed by atoms with Crippen molar-refractivity contribution in [2.75, 3.05) is 6.54 Å². The van der Waals surface area contributed by atoms with Crippen molar-refractivity contribution in [3.8, 4) is 0 Å². The molecule has 0 bridgehead atoms. The number of hydrogen-bond donors (Lipinski definition) is 3. The Balaban J connectivity index is 2.70. The number of carboxylic acids is 2. The lowest BCUT2D eigenvalue weighted by atomic mass is 10.0. The highest BCUT2D eigenvalue weighted by molar-refractivity contribution is 5.89. The quantitative estimate of drug-likeness (QED) is 0.598. The first kappa shape index (κ1) is 13.4. The number of aliphatic carboxylic acids is 2. The van der Waals surface area contributed by atoms with Crippen LogP contribution in [0.2, 0.25) is 0 Å². The molecule has 1 fully saturated rings. The van der Waals surface area contributed by atoms with Crippen LogP contribution < -0.4 is 5.73 Å². The molecule has 2 atom stereocenters. The van der Waals surface area contributed by atoms with E-state index in [1.54, 1.807) is 0 Å². The zero-order chi connectivity index (χ0) is 13.0. The van der Waals surface area contributed by atoms with Crippen LogP contribution in [0.1, 0.15) is 25.7 Å². The Bertz CT molecular complexity index is 331. The highest BCUT2D eigenvalue weighted by Crippen LogP contribution is 2.18. The van der Waals surface area contributed by atoms with E-state index in [0.717, 1.165) is 12.8 Å². The van der Waals surface area contributed by atoms with E-state index in [1.165, 1.54) is 4.90 Å². The summed E-state index contributed by atoms with van der Waals surface area (Å²) in [5, 5.41) is 17.5. The molecule has 0 aromatic heterocycles. The van der Waals surface area contributed by atoms with Crippen LogP contribution in [0.4, 0.5) is 0 Å². The Morgan fingerprint density at radius 1 is 1.29 bits per heavy atom. The second-order valence-electron chi connectivity index (χ2n) is 4.09. The van der Waals surface area contributed by atoms with Crippen LogP contribution in [0.25, 0.3) is 0 Å². The number of rotatable bonds is 4. The summed E-state index contributed by atoms with van der Waals surface area (Å²) in [5.74, 6) is -2.84. The van der Waals surface area contributed by atoms with E-state index in [0.29, 0.717) is 13.0 Å². The Morgan fingerprint density at radius 2 is 1.94 bits per heavy atom. The number of carbonyl (C=O) groups excluding carboxylic acids is 1. The Labute approximate surface area is 98.2 Å². The second kappa shape index (κ2) is 5.62. The predicted molar refractivity (Wildman–Crippen MR) is 57.2 cm³/mol. The summed E-state index contributed by atoms with van der Waals surface area (Å²) in [6.07, 6.45) is 1.37. The topological polar surface area (TPSA) is 121 Å². The normalized spacial score (nSPS) is 21.9. The molecule has 0 aliphatic carbocycles. The van der Waals surface area contributed by atoms with E-state index in [2.05, 4.69) is 0 Å². The number of likely N-dealkylation sites (tertiary alicyclic amines) is 1. The smallest absolute Gasteiger partial charge is 0.326 e. The molecule has 1 aliphatic heterocycles. The Kier molecular flexibility index (Phi) is 4.45. The zero-order valence-electron chi connectivity index (χ0n) is 9.33. The number of amides is 1. The van der Waals surface area contributed by atoms with Crippen molar-refractivity contribution in [1.82, 2.24) is 4.90 Å². The lowest BCUT2D eigenvalue weighted by molar-refractivity contribution is -0.153. The van der Waals surface area contributed by atoms with Crippen molar-refractivity contribution in [3.63, 3.8) is 0 Å². The third kappa shape index (κ3) is 3.42. The van der Waals surface area contributed by atoms with E-state index in [9.17, 15) is 14.4 Å². The van der Waals surface area contributed by atoms with Gasteiger partial charge in [0, 0.05) is 6.54 Å². The van der Waals surface area contributed by atoms with Gasteiger partial charge in [-0.2, -0.15) is 0 Å². The van der Waals surface area contributed by atoms with Crippen LogP contribution in [0.5, 0.6) is 0 Å². The van der Waals surface area contributed by atoms with Crippen molar-refractivity contribution in [3.05, 3.63) is 0 Å². The van der Waals surface area contributed by atoms with Crippen molar-refractivity contribution in [2.45, 2.75) is 37.8 Å². The number of piperidine rings is 1. The SMILES string of the molecule is NC(CC(=O)O)C(=O)N1CCCC[C@H]1C(=O)O. The molecule has 1 saturated heterocycles. The van der Waals surface area contributed by atoms with Gasteiger partial charge in [-0.15, -0.1) is 0 Å². The van der Waals surface area contributed by atoms with Gasteiger partial charge in [-0.1, -0.05) is 0 Å². The minimum Gasteiger partial charge on any atom is -0.481 e. The maximum absolute atomic E-state index is 11.8. The molecule has 0 aromatic carbocycles. The summed E-state index contributed by atoms with van der Waals surface area (Å²) >= 11 is 0. The highest BCUT2D eigenvalue weighted by Gasteiger charge is 2.34. The van der Waals surface area contributed by atoms with Crippen molar-refractivity contribution in [2.24, 2.45) is 5.73 Å². The van der Waals surface area contributed by atoms with Gasteiger partial charge in [0.1, 0.15) is 6.04 Å². The van der Waals surface area contributed by atoms with Gasteiger partial charge in [-0.3, -0.25) is 9.59 Å². The maximum atomic E-state index is 11.8. The first-order valence-corrected chi connectivity index (χ1v) is 5.44. The molecule has 96 valence electrons. The van der Waals surface area contributed by atoms with Crippen molar-refractivity contribution >= 4 is 17.8 Å². The summed E-state index contributed by atoms with van der Waals surface area (Å²) in [6, 6.07) is -2.05. The van der Waals surface area contributed by atoms with Crippen LogP contribution >= 0.6 is 0 Å². The molecule has 0 saturated carbocycles.